The van der Waals surface area contributed by atoms with Gasteiger partial charge >= 0.3 is 0 Å². The van der Waals surface area contributed by atoms with Crippen LogP contribution in [0.2, 0.25) is 0 Å². The summed E-state index contributed by atoms with van der Waals surface area (Å²) in [5, 5.41) is 12.4. The van der Waals surface area contributed by atoms with Crippen LogP contribution in [0.15, 0.2) is 194 Å². The van der Waals surface area contributed by atoms with Crippen molar-refractivity contribution in [3.8, 4) is 0 Å². The molecule has 0 radical (unpaired) electrons. The Morgan fingerprint density at radius 1 is 0.317 bits per heavy atom. The molecule has 0 saturated heterocycles. The molecule has 12 rings (SSSR count). The Balaban J connectivity index is 1.26. The summed E-state index contributed by atoms with van der Waals surface area (Å²) in [5.74, 6) is 0. The number of hydrogen-bond acceptors (Lipinski definition) is 4. The van der Waals surface area contributed by atoms with Crippen molar-refractivity contribution < 1.29 is 0 Å². The van der Waals surface area contributed by atoms with Crippen LogP contribution in [0.3, 0.4) is 0 Å². The lowest BCUT2D eigenvalue weighted by atomic mass is 9.93. The molecule has 4 heteroatoms. The van der Waals surface area contributed by atoms with Crippen LogP contribution < -0.4 is 9.80 Å². The van der Waals surface area contributed by atoms with Crippen molar-refractivity contribution >= 4 is 129 Å². The maximum Gasteiger partial charge on any atom is 0.0640 e. The van der Waals surface area contributed by atoms with E-state index in [1.807, 2.05) is 22.7 Å². The molecule has 0 spiro atoms. The van der Waals surface area contributed by atoms with E-state index in [2.05, 4.69) is 218 Å². The van der Waals surface area contributed by atoms with Gasteiger partial charge in [0.15, 0.2) is 0 Å². The van der Waals surface area contributed by atoms with Crippen LogP contribution in [0.1, 0.15) is 11.1 Å². The SMILES string of the molecule is Cc1cccc(N(c2c3ccccc3cc3c(N(c4cccc(C)c4)c4cccc5c4sc4ccccc45)c4ccccc4cc23)c2cccc3c2sc2ccccc23)c1. The molecule has 0 unspecified atom stereocenters. The number of anilines is 6. The molecular formula is C56H38N2S2. The number of benzene rings is 10. The zero-order chi connectivity index (χ0) is 39.9. The first-order chi connectivity index (χ1) is 29.6. The lowest BCUT2D eigenvalue weighted by molar-refractivity contribution is 1.30. The van der Waals surface area contributed by atoms with Gasteiger partial charge in [-0.1, -0.05) is 133 Å². The lowest BCUT2D eigenvalue weighted by Gasteiger charge is -2.32. The first kappa shape index (κ1) is 35.0. The number of aryl methyl sites for hydroxylation is 2. The molecule has 0 aliphatic carbocycles. The van der Waals surface area contributed by atoms with Crippen molar-refractivity contribution in [3.63, 3.8) is 0 Å². The van der Waals surface area contributed by atoms with Gasteiger partial charge in [0, 0.05) is 63.9 Å². The summed E-state index contributed by atoms with van der Waals surface area (Å²) in [7, 11) is 0. The first-order valence-corrected chi connectivity index (χ1v) is 22.1. The van der Waals surface area contributed by atoms with Gasteiger partial charge in [-0.3, -0.25) is 0 Å². The van der Waals surface area contributed by atoms with Crippen molar-refractivity contribution in [1.29, 1.82) is 0 Å². The molecule has 0 aliphatic heterocycles. The fourth-order valence-corrected chi connectivity index (χ4v) is 11.8. The minimum Gasteiger partial charge on any atom is -0.308 e. The molecule has 0 amide bonds. The average Bonchev–Trinajstić information content (AvgIpc) is 3.86. The summed E-state index contributed by atoms with van der Waals surface area (Å²) in [6, 6.07) is 72.1. The molecule has 0 fully saturated rings. The summed E-state index contributed by atoms with van der Waals surface area (Å²) >= 11 is 3.76. The summed E-state index contributed by atoms with van der Waals surface area (Å²) in [5.41, 5.74) is 9.42. The smallest absolute Gasteiger partial charge is 0.0640 e. The highest BCUT2D eigenvalue weighted by molar-refractivity contribution is 7.26. The van der Waals surface area contributed by atoms with Gasteiger partial charge in [-0.2, -0.15) is 0 Å². The van der Waals surface area contributed by atoms with Crippen LogP contribution in [0, 0.1) is 13.8 Å². The second kappa shape index (κ2) is 13.8. The third-order valence-corrected chi connectivity index (χ3v) is 14.5. The molecule has 60 heavy (non-hydrogen) atoms. The maximum absolute atomic E-state index is 2.55. The van der Waals surface area contributed by atoms with E-state index in [1.165, 1.54) is 107 Å². The first-order valence-electron chi connectivity index (χ1n) is 20.5. The number of thiophene rings is 2. The van der Waals surface area contributed by atoms with E-state index in [1.54, 1.807) is 0 Å². The zero-order valence-corrected chi connectivity index (χ0v) is 34.8. The zero-order valence-electron chi connectivity index (χ0n) is 33.2. The van der Waals surface area contributed by atoms with Crippen LogP contribution in [-0.4, -0.2) is 0 Å². The molecule has 0 N–H and O–H groups in total. The van der Waals surface area contributed by atoms with Crippen LogP contribution in [0.4, 0.5) is 34.1 Å². The predicted octanol–water partition coefficient (Wildman–Crippen LogP) is 17.4. The second-order valence-electron chi connectivity index (χ2n) is 15.8. The Morgan fingerprint density at radius 3 is 1.15 bits per heavy atom. The van der Waals surface area contributed by atoms with E-state index in [0.29, 0.717) is 0 Å². The van der Waals surface area contributed by atoms with Crippen molar-refractivity contribution in [2.45, 2.75) is 13.8 Å². The molecule has 0 bridgehead atoms. The van der Waals surface area contributed by atoms with E-state index in [0.717, 1.165) is 11.4 Å². The number of rotatable bonds is 6. The van der Waals surface area contributed by atoms with Gasteiger partial charge in [-0.15, -0.1) is 22.7 Å². The summed E-state index contributed by atoms with van der Waals surface area (Å²) in [6.45, 7) is 4.39. The average molecular weight is 803 g/mol. The van der Waals surface area contributed by atoms with Crippen molar-refractivity contribution in [1.82, 2.24) is 0 Å². The quantitative estimate of drug-likeness (QED) is 0.155. The molecular weight excluding hydrogens is 765 g/mol. The molecule has 12 aromatic rings. The second-order valence-corrected chi connectivity index (χ2v) is 17.9. The lowest BCUT2D eigenvalue weighted by Crippen LogP contribution is -2.14. The Kier molecular flexibility index (Phi) is 8.06. The highest BCUT2D eigenvalue weighted by Gasteiger charge is 2.27. The molecule has 2 aromatic heterocycles. The molecule has 10 aromatic carbocycles. The molecule has 2 nitrogen and oxygen atoms in total. The summed E-state index contributed by atoms with van der Waals surface area (Å²) in [6.07, 6.45) is 0. The van der Waals surface area contributed by atoms with Gasteiger partial charge in [0.2, 0.25) is 0 Å². The Morgan fingerprint density at radius 2 is 0.700 bits per heavy atom. The monoisotopic (exact) mass is 802 g/mol. The van der Waals surface area contributed by atoms with E-state index < -0.39 is 0 Å². The van der Waals surface area contributed by atoms with Gasteiger partial charge in [-0.05, 0) is 96.4 Å². The highest BCUT2D eigenvalue weighted by atomic mass is 32.1. The minimum atomic E-state index is 1.14. The molecule has 0 aliphatic rings. The Bertz CT molecular complexity index is 3430. The number of fused-ring (bicyclic) bond motifs is 9. The normalized spacial score (nSPS) is 11.8. The number of nitrogens with zero attached hydrogens (tertiary/aromatic N) is 2. The third kappa shape index (κ3) is 5.45. The minimum absolute atomic E-state index is 1.14. The molecule has 284 valence electrons. The Labute approximate surface area is 356 Å². The van der Waals surface area contributed by atoms with Crippen LogP contribution in [0.25, 0.3) is 72.7 Å². The molecule has 0 saturated carbocycles. The van der Waals surface area contributed by atoms with Crippen molar-refractivity contribution in [2.24, 2.45) is 0 Å². The van der Waals surface area contributed by atoms with Crippen molar-refractivity contribution in [3.05, 3.63) is 205 Å². The molecule has 0 atom stereocenters. The van der Waals surface area contributed by atoms with Gasteiger partial charge in [0.25, 0.3) is 0 Å². The topological polar surface area (TPSA) is 6.48 Å². The van der Waals surface area contributed by atoms with E-state index >= 15 is 0 Å². The third-order valence-electron chi connectivity index (χ3n) is 12.0. The van der Waals surface area contributed by atoms with Crippen LogP contribution >= 0.6 is 22.7 Å². The fourth-order valence-electron chi connectivity index (χ4n) is 9.44. The summed E-state index contributed by atoms with van der Waals surface area (Å²) < 4.78 is 5.15. The summed E-state index contributed by atoms with van der Waals surface area (Å²) in [4.78, 5) is 5.11. The van der Waals surface area contributed by atoms with Gasteiger partial charge in [-0.25, -0.2) is 0 Å². The highest BCUT2D eigenvalue weighted by Crippen LogP contribution is 2.54. The predicted molar refractivity (Wildman–Crippen MR) is 264 cm³/mol. The van der Waals surface area contributed by atoms with E-state index in [-0.39, 0.29) is 0 Å². The van der Waals surface area contributed by atoms with E-state index in [4.69, 9.17) is 0 Å². The largest absolute Gasteiger partial charge is 0.308 e. The maximum atomic E-state index is 2.55. The van der Waals surface area contributed by atoms with Crippen molar-refractivity contribution in [2.75, 3.05) is 9.80 Å². The van der Waals surface area contributed by atoms with Crippen LogP contribution in [0.5, 0.6) is 0 Å². The van der Waals surface area contributed by atoms with Crippen LogP contribution in [-0.2, 0) is 0 Å². The Hall–Kier alpha value is -6.98. The molecule has 2 heterocycles. The van der Waals surface area contributed by atoms with E-state index in [9.17, 15) is 0 Å². The van der Waals surface area contributed by atoms with Gasteiger partial charge in [0.1, 0.15) is 0 Å². The van der Waals surface area contributed by atoms with Gasteiger partial charge in [0.05, 0.1) is 32.1 Å². The van der Waals surface area contributed by atoms with Gasteiger partial charge < -0.3 is 9.80 Å². The number of hydrogen-bond donors (Lipinski definition) is 0. The standard InChI is InChI=1S/C56H38N2S2/c1-35-15-11-19-39(31-35)57(49-27-13-25-45-43-23-7-9-29-51(43)59-55(45)49)53-41-21-5-3-17-37(41)34-48-47(53)33-38-18-4-6-22-42(38)54(48)58(40-20-12-16-36(2)32-40)50-28-14-26-46-44-24-8-10-30-52(44)60-56(46)50/h3-34H,1-2H3. The fraction of sp³-hybridized carbons (Fsp3) is 0.0357.